The van der Waals surface area contributed by atoms with Crippen molar-refractivity contribution >= 4 is 22.8 Å². The van der Waals surface area contributed by atoms with Crippen LogP contribution in [0.5, 0.6) is 11.5 Å². The zero-order chi connectivity index (χ0) is 28.2. The zero-order valence-corrected chi connectivity index (χ0v) is 23.2. The predicted octanol–water partition coefficient (Wildman–Crippen LogP) is 4.77. The van der Waals surface area contributed by atoms with E-state index in [-0.39, 0.29) is 23.5 Å². The molecule has 9 nitrogen and oxygen atoms in total. The van der Waals surface area contributed by atoms with E-state index in [2.05, 4.69) is 9.88 Å². The van der Waals surface area contributed by atoms with Crippen LogP contribution < -0.4 is 16.2 Å². The van der Waals surface area contributed by atoms with Gasteiger partial charge in [-0.1, -0.05) is 30.7 Å². The molecule has 2 aliphatic rings. The summed E-state index contributed by atoms with van der Waals surface area (Å²) in [6.07, 6.45) is 10.7. The minimum atomic E-state index is -0.198. The second-order valence-corrected chi connectivity index (χ2v) is 10.8. The standard InChI is InChI=1S/C32H36N6O3/c33-31-30-28(17-18-34-31)37(25-9-7-22-36(23-25)29(39)12-8-21-35-19-5-2-6-20-35)32(40)38(30)24-13-15-27(16-14-24)41-26-10-3-1-4-11-26/h1,3-4,8,10-18,25H,2,5-7,9,19-23H2,(H2,33,34). The fourth-order valence-corrected chi connectivity index (χ4v) is 5.99. The Morgan fingerprint density at radius 3 is 2.49 bits per heavy atom. The number of fused-ring (bicyclic) bond motifs is 1. The molecular formula is C32H36N6O3. The maximum Gasteiger partial charge on any atom is 0.334 e. The van der Waals surface area contributed by atoms with E-state index < -0.39 is 0 Å². The van der Waals surface area contributed by atoms with E-state index >= 15 is 0 Å². The average Bonchev–Trinajstić information content (AvgIpc) is 3.31. The second-order valence-electron chi connectivity index (χ2n) is 10.8. The van der Waals surface area contributed by atoms with Crippen LogP contribution in [0.25, 0.3) is 16.7 Å². The third kappa shape index (κ3) is 5.76. The molecule has 0 spiro atoms. The number of likely N-dealkylation sites (tertiary alicyclic amines) is 2. The van der Waals surface area contributed by atoms with E-state index in [9.17, 15) is 9.59 Å². The number of aromatic nitrogens is 3. The van der Waals surface area contributed by atoms with Crippen molar-refractivity contribution in [3.8, 4) is 17.2 Å². The summed E-state index contributed by atoms with van der Waals surface area (Å²) in [6, 6.07) is 18.6. The van der Waals surface area contributed by atoms with Gasteiger partial charge in [0.05, 0.1) is 17.2 Å². The molecule has 1 unspecified atom stereocenters. The number of nitrogens with zero attached hydrogens (tertiary/aromatic N) is 5. The lowest BCUT2D eigenvalue weighted by atomic mass is 10.1. The molecule has 2 aliphatic heterocycles. The molecule has 0 aliphatic carbocycles. The van der Waals surface area contributed by atoms with Gasteiger partial charge in [-0.05, 0) is 81.2 Å². The summed E-state index contributed by atoms with van der Waals surface area (Å²) in [6.45, 7) is 4.15. The Hall–Kier alpha value is -4.37. The summed E-state index contributed by atoms with van der Waals surface area (Å²) in [5.41, 5.74) is 8.10. The van der Waals surface area contributed by atoms with E-state index in [1.165, 1.54) is 19.3 Å². The molecule has 1 atom stereocenters. The first kappa shape index (κ1) is 26.8. The van der Waals surface area contributed by atoms with E-state index in [0.29, 0.717) is 35.6 Å². The maximum absolute atomic E-state index is 14.0. The number of carbonyl (C=O) groups excluding carboxylic acids is 1. The third-order valence-electron chi connectivity index (χ3n) is 8.03. The smallest absolute Gasteiger partial charge is 0.334 e. The highest BCUT2D eigenvalue weighted by molar-refractivity contribution is 5.88. The third-order valence-corrected chi connectivity index (χ3v) is 8.03. The van der Waals surface area contributed by atoms with Crippen LogP contribution in [0.15, 0.2) is 83.8 Å². The molecule has 2 aromatic heterocycles. The molecule has 41 heavy (non-hydrogen) atoms. The zero-order valence-electron chi connectivity index (χ0n) is 23.2. The highest BCUT2D eigenvalue weighted by Gasteiger charge is 2.28. The van der Waals surface area contributed by atoms with Crippen LogP contribution in [0.3, 0.4) is 0 Å². The number of imidazole rings is 1. The van der Waals surface area contributed by atoms with Crippen LogP contribution in [-0.2, 0) is 4.79 Å². The topological polar surface area (TPSA) is 98.6 Å². The van der Waals surface area contributed by atoms with Crippen molar-refractivity contribution in [2.75, 3.05) is 38.5 Å². The first-order valence-corrected chi connectivity index (χ1v) is 14.5. The number of anilines is 1. The predicted molar refractivity (Wildman–Crippen MR) is 161 cm³/mol. The Morgan fingerprint density at radius 1 is 0.951 bits per heavy atom. The molecule has 0 saturated carbocycles. The number of amides is 1. The lowest BCUT2D eigenvalue weighted by Crippen LogP contribution is -2.42. The molecule has 2 N–H and O–H groups in total. The molecule has 2 saturated heterocycles. The van der Waals surface area contributed by atoms with Crippen LogP contribution >= 0.6 is 0 Å². The number of rotatable bonds is 7. The van der Waals surface area contributed by atoms with Gasteiger partial charge in [0.15, 0.2) is 0 Å². The minimum absolute atomic E-state index is 0.00122. The molecule has 9 heteroatoms. The van der Waals surface area contributed by atoms with Crippen molar-refractivity contribution < 1.29 is 9.53 Å². The number of nitrogens with two attached hydrogens (primary N) is 1. The summed E-state index contributed by atoms with van der Waals surface area (Å²) in [7, 11) is 0. The molecule has 212 valence electrons. The van der Waals surface area contributed by atoms with Crippen LogP contribution in [0.2, 0.25) is 0 Å². The lowest BCUT2D eigenvalue weighted by molar-refractivity contribution is -0.127. The van der Waals surface area contributed by atoms with Gasteiger partial charge in [-0.2, -0.15) is 0 Å². The number of benzene rings is 2. The van der Waals surface area contributed by atoms with Gasteiger partial charge in [0.25, 0.3) is 0 Å². The Bertz CT molecular complexity index is 1590. The SMILES string of the molecule is Nc1nccc2c1n(-c1ccc(Oc3ccccc3)cc1)c(=O)n2C1CCCN(C(=O)C=CCN2CCCCC2)C1. The number of carbonyl (C=O) groups is 1. The number of nitrogen functional groups attached to an aromatic ring is 1. The van der Waals surface area contributed by atoms with Crippen molar-refractivity contribution in [1.29, 1.82) is 0 Å². The molecular weight excluding hydrogens is 516 g/mol. The normalized spacial score (nSPS) is 18.2. The van der Waals surface area contributed by atoms with Gasteiger partial charge in [-0.25, -0.2) is 9.78 Å². The highest BCUT2D eigenvalue weighted by atomic mass is 16.5. The Morgan fingerprint density at radius 2 is 1.71 bits per heavy atom. The van der Waals surface area contributed by atoms with E-state index in [1.54, 1.807) is 21.4 Å². The van der Waals surface area contributed by atoms with E-state index in [0.717, 1.165) is 38.2 Å². The number of hydrogen-bond donors (Lipinski definition) is 1. The highest BCUT2D eigenvalue weighted by Crippen LogP contribution is 2.29. The van der Waals surface area contributed by atoms with Crippen LogP contribution in [-0.4, -0.2) is 62.5 Å². The van der Waals surface area contributed by atoms with Gasteiger partial charge in [-0.15, -0.1) is 0 Å². The summed E-state index contributed by atoms with van der Waals surface area (Å²) in [4.78, 5) is 35.7. The number of para-hydroxylation sites is 1. The Balaban J connectivity index is 1.25. The first-order valence-electron chi connectivity index (χ1n) is 14.5. The summed E-state index contributed by atoms with van der Waals surface area (Å²) >= 11 is 0. The van der Waals surface area contributed by atoms with Crippen molar-refractivity contribution in [2.24, 2.45) is 0 Å². The van der Waals surface area contributed by atoms with Crippen molar-refractivity contribution in [3.05, 3.63) is 89.5 Å². The van der Waals surface area contributed by atoms with Crippen molar-refractivity contribution in [2.45, 2.75) is 38.1 Å². The monoisotopic (exact) mass is 552 g/mol. The quantitative estimate of drug-likeness (QED) is 0.332. The second kappa shape index (κ2) is 12.0. The molecule has 6 rings (SSSR count). The maximum atomic E-state index is 14.0. The van der Waals surface area contributed by atoms with Crippen LogP contribution in [0, 0.1) is 0 Å². The van der Waals surface area contributed by atoms with Gasteiger partial charge >= 0.3 is 5.69 Å². The van der Waals surface area contributed by atoms with Gasteiger partial charge in [0.1, 0.15) is 22.8 Å². The fraction of sp³-hybridized carbons (Fsp3) is 0.344. The van der Waals surface area contributed by atoms with Crippen LogP contribution in [0.1, 0.15) is 38.1 Å². The summed E-state index contributed by atoms with van der Waals surface area (Å²) < 4.78 is 9.34. The average molecular weight is 553 g/mol. The molecule has 4 aromatic rings. The van der Waals surface area contributed by atoms with Crippen molar-refractivity contribution in [1.82, 2.24) is 23.9 Å². The number of pyridine rings is 1. The van der Waals surface area contributed by atoms with E-state index in [4.69, 9.17) is 10.5 Å². The number of hydrogen-bond acceptors (Lipinski definition) is 6. The summed E-state index contributed by atoms with van der Waals surface area (Å²) in [5, 5.41) is 0. The molecule has 0 radical (unpaired) electrons. The minimum Gasteiger partial charge on any atom is -0.457 e. The van der Waals surface area contributed by atoms with Gasteiger partial charge in [0, 0.05) is 31.9 Å². The van der Waals surface area contributed by atoms with Crippen molar-refractivity contribution in [3.63, 3.8) is 0 Å². The molecule has 2 fully saturated rings. The number of piperidine rings is 2. The van der Waals surface area contributed by atoms with Gasteiger partial charge in [-0.3, -0.25) is 18.8 Å². The fourth-order valence-electron chi connectivity index (χ4n) is 5.99. The Kier molecular flexibility index (Phi) is 7.86. The van der Waals surface area contributed by atoms with Gasteiger partial charge < -0.3 is 15.4 Å². The summed E-state index contributed by atoms with van der Waals surface area (Å²) in [5.74, 6) is 1.68. The largest absolute Gasteiger partial charge is 0.457 e. The molecule has 0 bridgehead atoms. The molecule has 1 amide bonds. The Labute approximate surface area is 239 Å². The van der Waals surface area contributed by atoms with Gasteiger partial charge in [0.2, 0.25) is 5.91 Å². The molecule has 2 aromatic carbocycles. The van der Waals surface area contributed by atoms with Crippen LogP contribution in [0.4, 0.5) is 5.82 Å². The lowest BCUT2D eigenvalue weighted by Gasteiger charge is -2.32. The first-order chi connectivity index (χ1) is 20.1. The molecule has 4 heterocycles. The van der Waals surface area contributed by atoms with E-state index in [1.807, 2.05) is 71.6 Å². The number of ether oxygens (including phenoxy) is 1.